The van der Waals surface area contributed by atoms with E-state index in [2.05, 4.69) is 5.32 Å². The summed E-state index contributed by atoms with van der Waals surface area (Å²) >= 11 is 1.36. The first kappa shape index (κ1) is 34.4. The van der Waals surface area contributed by atoms with E-state index in [1.165, 1.54) is 39.3 Å². The highest BCUT2D eigenvalue weighted by molar-refractivity contribution is 7.09. The molecule has 0 radical (unpaired) electrons. The summed E-state index contributed by atoms with van der Waals surface area (Å²) in [4.78, 5) is 41.9. The van der Waals surface area contributed by atoms with Crippen LogP contribution in [0.1, 0.15) is 61.6 Å². The second-order valence-corrected chi connectivity index (χ2v) is 12.3. The number of carbonyl (C=O) groups is 3. The largest absolute Gasteiger partial charge is 0.465 e. The molecule has 2 N–H and O–H groups in total. The molecule has 1 atom stereocenters. The van der Waals surface area contributed by atoms with Gasteiger partial charge in [-0.05, 0) is 68.7 Å². The third-order valence-electron chi connectivity index (χ3n) is 6.57. The van der Waals surface area contributed by atoms with Crippen LogP contribution in [0.5, 0.6) is 0 Å². The molecule has 2 aromatic carbocycles. The van der Waals surface area contributed by atoms with Crippen LogP contribution in [0.2, 0.25) is 0 Å². The molecule has 0 bridgehead atoms. The minimum Gasteiger partial charge on any atom is -0.465 e. The van der Waals surface area contributed by atoms with Crippen LogP contribution in [-0.2, 0) is 35.3 Å². The van der Waals surface area contributed by atoms with Crippen LogP contribution in [0.3, 0.4) is 0 Å². The third-order valence-corrected chi connectivity index (χ3v) is 7.43. The second-order valence-electron chi connectivity index (χ2n) is 11.3. The van der Waals surface area contributed by atoms with E-state index >= 15 is 0 Å². The summed E-state index contributed by atoms with van der Waals surface area (Å²) in [5.41, 5.74) is -0.927. The Morgan fingerprint density at radius 2 is 1.57 bits per heavy atom. The van der Waals surface area contributed by atoms with Gasteiger partial charge in [0.1, 0.15) is 11.6 Å². The summed E-state index contributed by atoms with van der Waals surface area (Å²) in [6, 6.07) is 16.7. The third kappa shape index (κ3) is 11.2. The molecule has 44 heavy (non-hydrogen) atoms. The molecule has 3 amide bonds. The number of halogens is 3. The number of thiophene rings is 1. The number of unbranched alkanes of at least 4 members (excludes halogenated alkanes) is 1. The molecule has 0 saturated heterocycles. The first-order valence-corrected chi connectivity index (χ1v) is 15.1. The van der Waals surface area contributed by atoms with Crippen molar-refractivity contribution in [3.63, 3.8) is 0 Å². The molecule has 1 aromatic heterocycles. The van der Waals surface area contributed by atoms with Crippen LogP contribution in [-0.4, -0.2) is 51.2 Å². The molecule has 0 aliphatic carbocycles. The van der Waals surface area contributed by atoms with E-state index in [-0.39, 0.29) is 38.2 Å². The minimum atomic E-state index is -4.61. The van der Waals surface area contributed by atoms with Crippen molar-refractivity contribution in [2.45, 2.75) is 77.5 Å². The van der Waals surface area contributed by atoms with Crippen molar-refractivity contribution in [3.8, 4) is 0 Å². The summed E-state index contributed by atoms with van der Waals surface area (Å²) in [7, 11) is 0. The van der Waals surface area contributed by atoms with E-state index < -0.39 is 41.5 Å². The number of amides is 3. The molecule has 8 nitrogen and oxygen atoms in total. The van der Waals surface area contributed by atoms with Gasteiger partial charge in [-0.15, -0.1) is 11.3 Å². The van der Waals surface area contributed by atoms with E-state index in [9.17, 15) is 32.7 Å². The number of alkyl carbamates (subject to hydrolysis) is 1. The zero-order chi connectivity index (χ0) is 32.3. The molecular weight excluding hydrogens is 595 g/mol. The normalized spacial score (nSPS) is 12.3. The summed E-state index contributed by atoms with van der Waals surface area (Å²) in [5.74, 6) is -0.569. The molecule has 0 aliphatic rings. The van der Waals surface area contributed by atoms with Gasteiger partial charge in [-0.2, -0.15) is 13.2 Å². The summed E-state index contributed by atoms with van der Waals surface area (Å²) in [6.45, 7) is 5.12. The average Bonchev–Trinajstić information content (AvgIpc) is 3.45. The van der Waals surface area contributed by atoms with Gasteiger partial charge in [0.2, 0.25) is 5.91 Å². The van der Waals surface area contributed by atoms with Gasteiger partial charge in [0.25, 0.3) is 0 Å². The molecular formula is C32H38F3N3O5S. The molecule has 0 fully saturated rings. The van der Waals surface area contributed by atoms with Crippen molar-refractivity contribution in [2.24, 2.45) is 0 Å². The van der Waals surface area contributed by atoms with Crippen LogP contribution < -0.4 is 5.32 Å². The predicted octanol–water partition coefficient (Wildman–Crippen LogP) is 7.54. The van der Waals surface area contributed by atoms with E-state index in [0.29, 0.717) is 12.8 Å². The lowest BCUT2D eigenvalue weighted by atomic mass is 10.0. The van der Waals surface area contributed by atoms with Crippen molar-refractivity contribution in [2.75, 3.05) is 6.54 Å². The van der Waals surface area contributed by atoms with E-state index in [1.807, 2.05) is 35.7 Å². The Bertz CT molecular complexity index is 1360. The van der Waals surface area contributed by atoms with E-state index in [1.54, 1.807) is 32.9 Å². The number of ether oxygens (including phenoxy) is 1. The summed E-state index contributed by atoms with van der Waals surface area (Å²) in [5, 5.41) is 14.1. The fourth-order valence-electron chi connectivity index (χ4n) is 4.57. The number of hydrogen-bond donors (Lipinski definition) is 2. The van der Waals surface area contributed by atoms with Crippen LogP contribution in [0.4, 0.5) is 22.8 Å². The van der Waals surface area contributed by atoms with Crippen molar-refractivity contribution in [1.82, 2.24) is 15.1 Å². The van der Waals surface area contributed by atoms with Gasteiger partial charge in [-0.3, -0.25) is 4.79 Å². The number of alkyl halides is 3. The molecule has 0 unspecified atom stereocenters. The molecule has 238 valence electrons. The number of rotatable bonds is 13. The van der Waals surface area contributed by atoms with Gasteiger partial charge >= 0.3 is 18.4 Å². The van der Waals surface area contributed by atoms with Crippen molar-refractivity contribution in [3.05, 3.63) is 93.7 Å². The minimum absolute atomic E-state index is 0.0407. The maximum atomic E-state index is 14.0. The number of nitrogens with zero attached hydrogens (tertiary/aromatic N) is 2. The van der Waals surface area contributed by atoms with Crippen molar-refractivity contribution < 1.29 is 37.4 Å². The Hall–Kier alpha value is -4.06. The Morgan fingerprint density at radius 1 is 0.886 bits per heavy atom. The standard InChI is InChI=1S/C32H38F3N3O5S/c1-31(2,3)43-29(40)36-27(17-9-10-18-37(30(41)42)20-23-12-5-4-6-13-23)28(39)38(22-25-15-11-19-44-25)21-24-14-7-8-16-26(24)32(33,34)35/h4-8,11-16,19,27H,9-10,17-18,20-22H2,1-3H3,(H,36,40)(H,41,42)/t27-/m0/s1. The Labute approximate surface area is 259 Å². The highest BCUT2D eigenvalue weighted by Crippen LogP contribution is 2.33. The maximum absolute atomic E-state index is 14.0. The Kier molecular flexibility index (Phi) is 12.2. The van der Waals surface area contributed by atoms with Gasteiger partial charge in [0, 0.05) is 24.5 Å². The smallest absolute Gasteiger partial charge is 0.416 e. The zero-order valence-electron chi connectivity index (χ0n) is 25.0. The number of carboxylic acid groups (broad SMARTS) is 1. The van der Waals surface area contributed by atoms with Gasteiger partial charge in [0.15, 0.2) is 0 Å². The first-order chi connectivity index (χ1) is 20.7. The highest BCUT2D eigenvalue weighted by Gasteiger charge is 2.35. The number of nitrogens with one attached hydrogen (secondary N) is 1. The monoisotopic (exact) mass is 633 g/mol. The topological polar surface area (TPSA) is 99.2 Å². The average molecular weight is 634 g/mol. The molecule has 1 heterocycles. The van der Waals surface area contributed by atoms with E-state index in [4.69, 9.17) is 4.74 Å². The fraction of sp³-hybridized carbons (Fsp3) is 0.406. The lowest BCUT2D eigenvalue weighted by molar-refractivity contribution is -0.140. The Morgan fingerprint density at radius 3 is 2.18 bits per heavy atom. The van der Waals surface area contributed by atoms with E-state index in [0.717, 1.165) is 16.5 Å². The molecule has 0 spiro atoms. The summed E-state index contributed by atoms with van der Waals surface area (Å²) in [6.07, 6.45) is -5.66. The van der Waals surface area contributed by atoms with Crippen LogP contribution in [0.25, 0.3) is 0 Å². The zero-order valence-corrected chi connectivity index (χ0v) is 25.8. The lowest BCUT2D eigenvalue weighted by Gasteiger charge is -2.30. The molecule has 3 aromatic rings. The first-order valence-electron chi connectivity index (χ1n) is 14.2. The molecule has 12 heteroatoms. The van der Waals surface area contributed by atoms with Gasteiger partial charge in [-0.25, -0.2) is 9.59 Å². The number of carbonyl (C=O) groups excluding carboxylic acids is 2. The molecule has 0 saturated carbocycles. The number of benzene rings is 2. The second kappa shape index (κ2) is 15.6. The fourth-order valence-corrected chi connectivity index (χ4v) is 5.29. The molecule has 0 aliphatic heterocycles. The van der Waals surface area contributed by atoms with Gasteiger partial charge in [-0.1, -0.05) is 54.6 Å². The van der Waals surface area contributed by atoms with Crippen LogP contribution >= 0.6 is 11.3 Å². The lowest BCUT2D eigenvalue weighted by Crippen LogP contribution is -2.49. The van der Waals surface area contributed by atoms with Crippen LogP contribution in [0.15, 0.2) is 72.1 Å². The summed E-state index contributed by atoms with van der Waals surface area (Å²) < 4.78 is 46.8. The highest BCUT2D eigenvalue weighted by atomic mass is 32.1. The number of hydrogen-bond acceptors (Lipinski definition) is 5. The van der Waals surface area contributed by atoms with Gasteiger partial charge in [0.05, 0.1) is 12.1 Å². The molecule has 3 rings (SSSR count). The SMILES string of the molecule is CC(C)(C)OC(=O)N[C@@H](CCCCN(Cc1ccccc1)C(=O)O)C(=O)N(Cc1cccs1)Cc1ccccc1C(F)(F)F. The van der Waals surface area contributed by atoms with Crippen molar-refractivity contribution >= 4 is 29.4 Å². The maximum Gasteiger partial charge on any atom is 0.416 e. The van der Waals surface area contributed by atoms with Crippen molar-refractivity contribution in [1.29, 1.82) is 0 Å². The quantitative estimate of drug-likeness (QED) is 0.190. The predicted molar refractivity (Wildman–Crippen MR) is 162 cm³/mol. The van der Waals surface area contributed by atoms with Gasteiger partial charge < -0.3 is 25.0 Å². The Balaban J connectivity index is 1.80. The van der Waals surface area contributed by atoms with Crippen LogP contribution in [0, 0.1) is 0 Å².